The minimum atomic E-state index is -3.69. The lowest BCUT2D eigenvalue weighted by molar-refractivity contribution is 0.0628. The Morgan fingerprint density at radius 3 is 2.35 bits per heavy atom. The van der Waals surface area contributed by atoms with Crippen LogP contribution in [0.3, 0.4) is 0 Å². The summed E-state index contributed by atoms with van der Waals surface area (Å²) in [4.78, 5) is 0. The predicted molar refractivity (Wildman–Crippen MR) is 88.4 cm³/mol. The largest absolute Gasteiger partial charge is 0.384 e. The summed E-state index contributed by atoms with van der Waals surface area (Å²) in [6.07, 6.45) is 1.47. The normalized spacial score (nSPS) is 14.7. The van der Waals surface area contributed by atoms with Crippen LogP contribution in [0, 0.1) is 5.82 Å². The van der Waals surface area contributed by atoms with E-state index in [1.54, 1.807) is 24.3 Å². The fourth-order valence-electron chi connectivity index (χ4n) is 1.93. The zero-order valence-electron chi connectivity index (χ0n) is 12.6. The average Bonchev–Trinajstić information content (AvgIpc) is 2.53. The second-order valence-corrected chi connectivity index (χ2v) is 7.01. The molecule has 122 valence electrons. The van der Waals surface area contributed by atoms with Crippen LogP contribution < -0.4 is 4.72 Å². The van der Waals surface area contributed by atoms with Crippen molar-refractivity contribution in [2.24, 2.45) is 0 Å². The summed E-state index contributed by atoms with van der Waals surface area (Å²) < 4.78 is 39.2. The molecule has 2 aromatic rings. The minimum Gasteiger partial charge on any atom is -0.384 e. The number of sulfonamides is 1. The Morgan fingerprint density at radius 2 is 1.74 bits per heavy atom. The van der Waals surface area contributed by atoms with Crippen molar-refractivity contribution >= 4 is 16.1 Å². The van der Waals surface area contributed by atoms with Gasteiger partial charge in [0.05, 0.1) is 0 Å². The number of halogens is 1. The third-order valence-corrected chi connectivity index (χ3v) is 4.36. The second kappa shape index (κ2) is 7.04. The lowest BCUT2D eigenvalue weighted by Gasteiger charge is -2.23. The van der Waals surface area contributed by atoms with E-state index >= 15 is 0 Å². The van der Waals surface area contributed by atoms with Crippen LogP contribution >= 0.6 is 0 Å². The van der Waals surface area contributed by atoms with Crippen LogP contribution in [0.15, 0.2) is 60.0 Å². The van der Waals surface area contributed by atoms with Crippen molar-refractivity contribution in [3.8, 4) is 0 Å². The molecule has 0 aliphatic heterocycles. The van der Waals surface area contributed by atoms with Crippen LogP contribution in [0.1, 0.15) is 18.1 Å². The molecule has 0 heterocycles. The van der Waals surface area contributed by atoms with Crippen LogP contribution in [0.4, 0.5) is 4.39 Å². The molecule has 2 aromatic carbocycles. The topological polar surface area (TPSA) is 66.4 Å². The van der Waals surface area contributed by atoms with Crippen molar-refractivity contribution in [1.29, 1.82) is 0 Å². The van der Waals surface area contributed by atoms with Gasteiger partial charge in [-0.2, -0.15) is 0 Å². The number of rotatable bonds is 6. The van der Waals surface area contributed by atoms with Gasteiger partial charge in [0.15, 0.2) is 0 Å². The fraction of sp³-hybridized carbons (Fsp3) is 0.176. The second-order valence-electron chi connectivity index (χ2n) is 5.36. The van der Waals surface area contributed by atoms with Gasteiger partial charge in [-0.05, 0) is 36.3 Å². The van der Waals surface area contributed by atoms with Crippen molar-refractivity contribution in [2.75, 3.05) is 6.54 Å². The summed E-state index contributed by atoms with van der Waals surface area (Å²) in [5.41, 5.74) is -0.265. The first-order valence-corrected chi connectivity index (χ1v) is 8.54. The molecule has 6 heteroatoms. The van der Waals surface area contributed by atoms with Gasteiger partial charge in [0.2, 0.25) is 10.0 Å². The highest BCUT2D eigenvalue weighted by molar-refractivity contribution is 7.92. The van der Waals surface area contributed by atoms with E-state index in [4.69, 9.17) is 0 Å². The quantitative estimate of drug-likeness (QED) is 0.853. The predicted octanol–water partition coefficient (Wildman–Crippen LogP) is 2.62. The van der Waals surface area contributed by atoms with Crippen LogP contribution in [0.25, 0.3) is 6.08 Å². The van der Waals surface area contributed by atoms with Crippen molar-refractivity contribution in [3.05, 3.63) is 76.9 Å². The lowest BCUT2D eigenvalue weighted by atomic mass is 9.96. The number of hydrogen-bond donors (Lipinski definition) is 2. The Kier molecular flexibility index (Phi) is 5.30. The summed E-state index contributed by atoms with van der Waals surface area (Å²) in [6, 6.07) is 14.3. The zero-order chi connectivity index (χ0) is 16.9. The molecular weight excluding hydrogens is 317 g/mol. The molecular formula is C17H18FNO3S. The highest BCUT2D eigenvalue weighted by atomic mass is 32.2. The Hall–Kier alpha value is -2.02. The van der Waals surface area contributed by atoms with Crippen LogP contribution in [-0.2, 0) is 15.6 Å². The molecule has 2 rings (SSSR count). The van der Waals surface area contributed by atoms with Crippen molar-refractivity contribution < 1.29 is 17.9 Å². The number of nitrogens with one attached hydrogen (secondary N) is 1. The fourth-order valence-corrected chi connectivity index (χ4v) is 2.85. The van der Waals surface area contributed by atoms with E-state index in [0.717, 1.165) is 11.0 Å². The summed E-state index contributed by atoms with van der Waals surface area (Å²) in [6.45, 7) is 1.24. The van der Waals surface area contributed by atoms with E-state index in [-0.39, 0.29) is 6.54 Å². The highest BCUT2D eigenvalue weighted by Crippen LogP contribution is 2.20. The van der Waals surface area contributed by atoms with E-state index in [1.807, 2.05) is 6.07 Å². The first-order chi connectivity index (χ1) is 10.8. The maximum absolute atomic E-state index is 12.9. The number of benzene rings is 2. The monoisotopic (exact) mass is 335 g/mol. The molecule has 0 fully saturated rings. The van der Waals surface area contributed by atoms with E-state index in [2.05, 4.69) is 4.72 Å². The molecule has 4 nitrogen and oxygen atoms in total. The van der Waals surface area contributed by atoms with Crippen LogP contribution in [0.2, 0.25) is 0 Å². The molecule has 0 saturated heterocycles. The molecule has 0 aromatic heterocycles. The maximum Gasteiger partial charge on any atom is 0.233 e. The lowest BCUT2D eigenvalue weighted by Crippen LogP contribution is -2.37. The SMILES string of the molecule is CC(O)(CNS(=O)(=O)/C=C/c1ccccc1)c1ccc(F)cc1. The van der Waals surface area contributed by atoms with Crippen molar-refractivity contribution in [3.63, 3.8) is 0 Å². The Labute approximate surface area is 135 Å². The van der Waals surface area contributed by atoms with Gasteiger partial charge in [0, 0.05) is 12.0 Å². The average molecular weight is 335 g/mol. The smallest absolute Gasteiger partial charge is 0.233 e. The van der Waals surface area contributed by atoms with Gasteiger partial charge in [-0.15, -0.1) is 0 Å². The Bertz CT molecular complexity index is 769. The molecule has 23 heavy (non-hydrogen) atoms. The minimum absolute atomic E-state index is 0.222. The Balaban J connectivity index is 2.03. The van der Waals surface area contributed by atoms with Gasteiger partial charge in [0.25, 0.3) is 0 Å². The molecule has 0 bridgehead atoms. The standard InChI is InChI=1S/C17H18FNO3S/c1-17(20,15-7-9-16(18)10-8-15)13-19-23(21,22)12-11-14-5-3-2-4-6-14/h2-12,19-20H,13H2,1H3/b12-11+. The first-order valence-electron chi connectivity index (χ1n) is 7.00. The van der Waals surface area contributed by atoms with Gasteiger partial charge < -0.3 is 5.11 Å². The van der Waals surface area contributed by atoms with E-state index in [9.17, 15) is 17.9 Å². The summed E-state index contributed by atoms with van der Waals surface area (Å²) in [7, 11) is -3.69. The molecule has 2 N–H and O–H groups in total. The summed E-state index contributed by atoms with van der Waals surface area (Å²) in [5, 5.41) is 11.4. The molecule has 1 unspecified atom stereocenters. The van der Waals surface area contributed by atoms with Gasteiger partial charge in [-0.1, -0.05) is 42.5 Å². The number of aliphatic hydroxyl groups is 1. The van der Waals surface area contributed by atoms with E-state index < -0.39 is 21.4 Å². The highest BCUT2D eigenvalue weighted by Gasteiger charge is 2.24. The molecule has 0 saturated carbocycles. The van der Waals surface area contributed by atoms with E-state index in [0.29, 0.717) is 5.56 Å². The molecule has 0 spiro atoms. The zero-order valence-corrected chi connectivity index (χ0v) is 13.4. The molecule has 0 aliphatic carbocycles. The molecule has 0 aliphatic rings. The van der Waals surface area contributed by atoms with E-state index in [1.165, 1.54) is 37.3 Å². The maximum atomic E-state index is 12.9. The third-order valence-electron chi connectivity index (χ3n) is 3.32. The number of hydrogen-bond acceptors (Lipinski definition) is 3. The summed E-state index contributed by atoms with van der Waals surface area (Å²) in [5.74, 6) is -0.420. The van der Waals surface area contributed by atoms with Gasteiger partial charge in [-0.25, -0.2) is 17.5 Å². The van der Waals surface area contributed by atoms with Gasteiger partial charge in [0.1, 0.15) is 11.4 Å². The first kappa shape index (κ1) is 17.3. The molecule has 0 radical (unpaired) electrons. The Morgan fingerprint density at radius 1 is 1.13 bits per heavy atom. The van der Waals surface area contributed by atoms with Crippen molar-refractivity contribution in [2.45, 2.75) is 12.5 Å². The summed E-state index contributed by atoms with van der Waals surface area (Å²) >= 11 is 0. The molecule has 0 amide bonds. The van der Waals surface area contributed by atoms with Crippen LogP contribution in [0.5, 0.6) is 0 Å². The van der Waals surface area contributed by atoms with Gasteiger partial charge >= 0.3 is 0 Å². The van der Waals surface area contributed by atoms with Gasteiger partial charge in [-0.3, -0.25) is 0 Å². The van der Waals surface area contributed by atoms with Crippen molar-refractivity contribution in [1.82, 2.24) is 4.72 Å². The molecule has 1 atom stereocenters. The van der Waals surface area contributed by atoms with Crippen LogP contribution in [-0.4, -0.2) is 20.1 Å². The third kappa shape index (κ3) is 5.28.